The molecule has 0 radical (unpaired) electrons. The molecule has 1 rings (SSSR count). The van der Waals surface area contributed by atoms with Gasteiger partial charge in [0.25, 0.3) is 5.91 Å². The number of nitrogens with one attached hydrogen (secondary N) is 1. The normalized spacial score (nSPS) is 11.7. The van der Waals surface area contributed by atoms with E-state index in [4.69, 9.17) is 14.9 Å². The van der Waals surface area contributed by atoms with Crippen molar-refractivity contribution in [3.8, 4) is 5.75 Å². The summed E-state index contributed by atoms with van der Waals surface area (Å²) in [6, 6.07) is 3.26. The maximum atomic E-state index is 11.7. The van der Waals surface area contributed by atoms with Crippen molar-refractivity contribution < 1.29 is 24.5 Å². The zero-order valence-electron chi connectivity index (χ0n) is 9.51. The van der Waals surface area contributed by atoms with E-state index in [1.807, 2.05) is 0 Å². The molecule has 0 aromatic heterocycles. The van der Waals surface area contributed by atoms with E-state index in [0.717, 1.165) is 0 Å². The lowest BCUT2D eigenvalue weighted by Crippen LogP contribution is -2.43. The second-order valence-corrected chi connectivity index (χ2v) is 4.25. The van der Waals surface area contributed by atoms with Crippen molar-refractivity contribution in [1.29, 1.82) is 0 Å². The first kappa shape index (κ1) is 14.5. The molecule has 0 unspecified atom stereocenters. The Kier molecular flexibility index (Phi) is 5.11. The largest absolute Gasteiger partial charge is 0.496 e. The summed E-state index contributed by atoms with van der Waals surface area (Å²) in [5, 5.41) is 19.7. The molecule has 0 aliphatic carbocycles. The summed E-state index contributed by atoms with van der Waals surface area (Å²) >= 11 is 3.22. The third kappa shape index (κ3) is 3.44. The molecule has 0 bridgehead atoms. The van der Waals surface area contributed by atoms with Gasteiger partial charge in [-0.05, 0) is 34.1 Å². The smallest absolute Gasteiger partial charge is 0.328 e. The molecule has 1 amide bonds. The zero-order valence-corrected chi connectivity index (χ0v) is 11.1. The molecule has 6 nitrogen and oxygen atoms in total. The summed E-state index contributed by atoms with van der Waals surface area (Å²) in [5.41, 5.74) is 0.266. The van der Waals surface area contributed by atoms with E-state index in [2.05, 4.69) is 21.2 Å². The van der Waals surface area contributed by atoms with E-state index < -0.39 is 24.5 Å². The van der Waals surface area contributed by atoms with Crippen LogP contribution in [0.1, 0.15) is 10.4 Å². The minimum Gasteiger partial charge on any atom is -0.496 e. The van der Waals surface area contributed by atoms with Gasteiger partial charge >= 0.3 is 5.97 Å². The van der Waals surface area contributed by atoms with E-state index >= 15 is 0 Å². The van der Waals surface area contributed by atoms with Gasteiger partial charge in [0.15, 0.2) is 6.04 Å². The molecule has 1 aromatic rings. The number of hydrogen-bond acceptors (Lipinski definition) is 4. The van der Waals surface area contributed by atoms with Crippen LogP contribution in [0.4, 0.5) is 0 Å². The van der Waals surface area contributed by atoms with Gasteiger partial charge in [0.2, 0.25) is 0 Å². The summed E-state index contributed by atoms with van der Waals surface area (Å²) in [7, 11) is 1.49. The fourth-order valence-electron chi connectivity index (χ4n) is 1.23. The highest BCUT2D eigenvalue weighted by molar-refractivity contribution is 9.10. The molecule has 0 aliphatic rings. The molecule has 3 N–H and O–H groups in total. The number of rotatable bonds is 5. The minimum atomic E-state index is -1.32. The first-order valence-corrected chi connectivity index (χ1v) is 5.77. The van der Waals surface area contributed by atoms with Crippen LogP contribution in [0.5, 0.6) is 5.75 Å². The van der Waals surface area contributed by atoms with Gasteiger partial charge in [0.1, 0.15) is 5.75 Å². The molecule has 0 aliphatic heterocycles. The highest BCUT2D eigenvalue weighted by atomic mass is 79.9. The summed E-state index contributed by atoms with van der Waals surface area (Å²) < 4.78 is 5.58. The Morgan fingerprint density at radius 2 is 2.17 bits per heavy atom. The Morgan fingerprint density at radius 3 is 2.61 bits per heavy atom. The van der Waals surface area contributed by atoms with Gasteiger partial charge in [-0.1, -0.05) is 0 Å². The number of carbonyl (C=O) groups is 2. The van der Waals surface area contributed by atoms with Crippen molar-refractivity contribution in [2.24, 2.45) is 0 Å². The Labute approximate surface area is 112 Å². The fourth-order valence-corrected chi connectivity index (χ4v) is 1.78. The van der Waals surface area contributed by atoms with Crippen molar-refractivity contribution in [3.63, 3.8) is 0 Å². The van der Waals surface area contributed by atoms with Crippen LogP contribution in [0.25, 0.3) is 0 Å². The van der Waals surface area contributed by atoms with Crippen molar-refractivity contribution in [2.45, 2.75) is 6.04 Å². The van der Waals surface area contributed by atoms with E-state index in [9.17, 15) is 9.59 Å². The second kappa shape index (κ2) is 6.36. The Hall–Kier alpha value is -1.60. The molecule has 0 saturated heterocycles. The molecular weight excluding hydrogens is 306 g/mol. The Balaban J connectivity index is 2.84. The molecule has 18 heavy (non-hydrogen) atoms. The number of carboxylic acids is 1. The molecule has 0 saturated carbocycles. The van der Waals surface area contributed by atoms with E-state index in [1.54, 1.807) is 6.07 Å². The molecular formula is C11H12BrNO5. The van der Waals surface area contributed by atoms with Gasteiger partial charge in [-0.3, -0.25) is 4.79 Å². The number of carboxylic acid groups (broad SMARTS) is 1. The van der Waals surface area contributed by atoms with Gasteiger partial charge in [-0.25, -0.2) is 4.79 Å². The fraction of sp³-hybridized carbons (Fsp3) is 0.273. The van der Waals surface area contributed by atoms with Gasteiger partial charge in [0.05, 0.1) is 18.2 Å². The number of amides is 1. The predicted molar refractivity (Wildman–Crippen MR) is 66.7 cm³/mol. The van der Waals surface area contributed by atoms with Crippen molar-refractivity contribution in [2.75, 3.05) is 13.7 Å². The van der Waals surface area contributed by atoms with Crippen molar-refractivity contribution in [1.82, 2.24) is 5.32 Å². The zero-order chi connectivity index (χ0) is 13.7. The Morgan fingerprint density at radius 1 is 1.50 bits per heavy atom. The highest BCUT2D eigenvalue weighted by Crippen LogP contribution is 2.25. The number of aliphatic carboxylic acids is 1. The number of halogens is 1. The summed E-state index contributed by atoms with van der Waals surface area (Å²) in [6.45, 7) is -0.668. The van der Waals surface area contributed by atoms with Gasteiger partial charge < -0.3 is 20.3 Å². The quantitative estimate of drug-likeness (QED) is 0.740. The lowest BCUT2D eigenvalue weighted by atomic mass is 10.2. The summed E-state index contributed by atoms with van der Waals surface area (Å²) in [5.74, 6) is -1.32. The topological polar surface area (TPSA) is 95.9 Å². The third-order valence-electron chi connectivity index (χ3n) is 2.20. The van der Waals surface area contributed by atoms with Gasteiger partial charge in [-0.2, -0.15) is 0 Å². The van der Waals surface area contributed by atoms with Gasteiger partial charge in [0, 0.05) is 5.56 Å². The lowest BCUT2D eigenvalue weighted by molar-refractivity contribution is -0.140. The van der Waals surface area contributed by atoms with Crippen molar-refractivity contribution >= 4 is 27.8 Å². The van der Waals surface area contributed by atoms with Crippen molar-refractivity contribution in [3.05, 3.63) is 28.2 Å². The molecule has 98 valence electrons. The monoisotopic (exact) mass is 317 g/mol. The van der Waals surface area contributed by atoms with E-state index in [-0.39, 0.29) is 5.56 Å². The number of ether oxygens (including phenoxy) is 1. The summed E-state index contributed by atoms with van der Waals surface area (Å²) in [6.07, 6.45) is 0. The maximum absolute atomic E-state index is 11.7. The minimum absolute atomic E-state index is 0.266. The number of benzene rings is 1. The number of aliphatic hydroxyl groups excluding tert-OH is 1. The SMILES string of the molecule is COc1ccc(C(=O)N[C@@H](CO)C(=O)O)cc1Br. The standard InChI is InChI=1S/C11H12BrNO5/c1-18-9-3-2-6(4-7(9)12)10(15)13-8(5-14)11(16)17/h2-4,8,14H,5H2,1H3,(H,13,15)(H,16,17)/t8-/m0/s1. The second-order valence-electron chi connectivity index (χ2n) is 3.40. The molecule has 1 aromatic carbocycles. The average Bonchev–Trinajstić information content (AvgIpc) is 2.35. The summed E-state index contributed by atoms with van der Waals surface area (Å²) in [4.78, 5) is 22.4. The van der Waals surface area contributed by atoms with Crippen LogP contribution >= 0.6 is 15.9 Å². The number of hydrogen-bond donors (Lipinski definition) is 3. The molecule has 7 heteroatoms. The van der Waals surface area contributed by atoms with Crippen LogP contribution in [0.2, 0.25) is 0 Å². The van der Waals surface area contributed by atoms with E-state index in [0.29, 0.717) is 10.2 Å². The Bertz CT molecular complexity index is 463. The maximum Gasteiger partial charge on any atom is 0.328 e. The first-order chi connectivity index (χ1) is 8.49. The molecule has 1 atom stereocenters. The van der Waals surface area contributed by atoms with Crippen LogP contribution in [0.3, 0.4) is 0 Å². The predicted octanol–water partition coefficient (Wildman–Crippen LogP) is 0.633. The third-order valence-corrected chi connectivity index (χ3v) is 2.82. The number of carbonyl (C=O) groups excluding carboxylic acids is 1. The first-order valence-electron chi connectivity index (χ1n) is 4.97. The average molecular weight is 318 g/mol. The van der Waals surface area contributed by atoms with E-state index in [1.165, 1.54) is 19.2 Å². The van der Waals surface area contributed by atoms with Crippen LogP contribution in [0, 0.1) is 0 Å². The molecule has 0 spiro atoms. The van der Waals surface area contributed by atoms with Gasteiger partial charge in [-0.15, -0.1) is 0 Å². The highest BCUT2D eigenvalue weighted by Gasteiger charge is 2.19. The number of aliphatic hydroxyl groups is 1. The number of methoxy groups -OCH3 is 1. The molecule has 0 heterocycles. The van der Waals surface area contributed by atoms with Crippen LogP contribution in [-0.4, -0.2) is 41.8 Å². The molecule has 0 fully saturated rings. The lowest BCUT2D eigenvalue weighted by Gasteiger charge is -2.12. The van der Waals surface area contributed by atoms with Crippen LogP contribution < -0.4 is 10.1 Å². The van der Waals surface area contributed by atoms with Crippen LogP contribution in [-0.2, 0) is 4.79 Å². The van der Waals surface area contributed by atoms with Crippen LogP contribution in [0.15, 0.2) is 22.7 Å².